The maximum atomic E-state index is 12.3. The average Bonchev–Trinajstić information content (AvgIpc) is 2.53. The molecule has 2 amide bonds. The standard InChI is InChI=1S/C18H20N2O3/c1-3-16(23-15-6-4-5-12(2)11-15)18(22)20-14-9-7-13(8-10-14)17(19)21/h4-11,16H,3H2,1-2H3,(H2,19,21)(H,20,22)/t16-/m1/s1. The Morgan fingerprint density at radius 2 is 1.87 bits per heavy atom. The fourth-order valence-electron chi connectivity index (χ4n) is 2.12. The number of hydrogen-bond acceptors (Lipinski definition) is 3. The van der Waals surface area contributed by atoms with Crippen molar-refractivity contribution in [2.75, 3.05) is 5.32 Å². The molecule has 0 saturated heterocycles. The van der Waals surface area contributed by atoms with Crippen molar-refractivity contribution in [3.8, 4) is 5.75 Å². The molecule has 2 rings (SSSR count). The molecule has 0 aromatic heterocycles. The maximum absolute atomic E-state index is 12.3. The third kappa shape index (κ3) is 4.57. The number of anilines is 1. The highest BCUT2D eigenvalue weighted by atomic mass is 16.5. The highest BCUT2D eigenvalue weighted by molar-refractivity contribution is 5.96. The number of amides is 2. The first-order valence-corrected chi connectivity index (χ1v) is 7.43. The van der Waals surface area contributed by atoms with Gasteiger partial charge in [-0.2, -0.15) is 0 Å². The Morgan fingerprint density at radius 1 is 1.17 bits per heavy atom. The van der Waals surface area contributed by atoms with E-state index < -0.39 is 12.0 Å². The van der Waals surface area contributed by atoms with Crippen LogP contribution >= 0.6 is 0 Å². The largest absolute Gasteiger partial charge is 0.481 e. The molecule has 2 aromatic carbocycles. The topological polar surface area (TPSA) is 81.4 Å². The Hall–Kier alpha value is -2.82. The van der Waals surface area contributed by atoms with E-state index in [0.29, 0.717) is 23.4 Å². The van der Waals surface area contributed by atoms with Gasteiger partial charge >= 0.3 is 0 Å². The minimum Gasteiger partial charge on any atom is -0.481 e. The number of hydrogen-bond donors (Lipinski definition) is 2. The molecule has 0 saturated carbocycles. The van der Waals surface area contributed by atoms with E-state index in [4.69, 9.17) is 10.5 Å². The van der Waals surface area contributed by atoms with Crippen LogP contribution in [0.15, 0.2) is 48.5 Å². The van der Waals surface area contributed by atoms with Crippen molar-refractivity contribution in [1.82, 2.24) is 0 Å². The Morgan fingerprint density at radius 3 is 2.43 bits per heavy atom. The summed E-state index contributed by atoms with van der Waals surface area (Å²) in [7, 11) is 0. The summed E-state index contributed by atoms with van der Waals surface area (Å²) in [4.78, 5) is 23.4. The monoisotopic (exact) mass is 312 g/mol. The Labute approximate surface area is 135 Å². The van der Waals surface area contributed by atoms with Gasteiger partial charge in [-0.15, -0.1) is 0 Å². The SMILES string of the molecule is CC[C@@H](Oc1cccc(C)c1)C(=O)Nc1ccc(C(N)=O)cc1. The molecular formula is C18H20N2O3. The Balaban J connectivity index is 2.03. The number of carbonyl (C=O) groups is 2. The molecule has 0 spiro atoms. The van der Waals surface area contributed by atoms with Crippen LogP contribution in [0.2, 0.25) is 0 Å². The lowest BCUT2D eigenvalue weighted by Crippen LogP contribution is -2.32. The number of aryl methyl sites for hydroxylation is 1. The van der Waals surface area contributed by atoms with E-state index in [1.807, 2.05) is 38.1 Å². The van der Waals surface area contributed by atoms with Crippen LogP contribution in [0.25, 0.3) is 0 Å². The van der Waals surface area contributed by atoms with E-state index >= 15 is 0 Å². The van der Waals surface area contributed by atoms with Gasteiger partial charge in [0, 0.05) is 11.3 Å². The first kappa shape index (κ1) is 16.5. The van der Waals surface area contributed by atoms with E-state index in [1.54, 1.807) is 24.3 Å². The van der Waals surface area contributed by atoms with Crippen LogP contribution in [0.4, 0.5) is 5.69 Å². The van der Waals surface area contributed by atoms with Gasteiger partial charge in [-0.1, -0.05) is 19.1 Å². The molecule has 0 aliphatic heterocycles. The molecule has 0 aliphatic carbocycles. The van der Waals surface area contributed by atoms with Crippen LogP contribution in [0.1, 0.15) is 29.3 Å². The molecule has 3 N–H and O–H groups in total. The average molecular weight is 312 g/mol. The lowest BCUT2D eigenvalue weighted by atomic mass is 10.2. The van der Waals surface area contributed by atoms with Crippen LogP contribution in [0.5, 0.6) is 5.75 Å². The number of nitrogens with two attached hydrogens (primary N) is 1. The summed E-state index contributed by atoms with van der Waals surface area (Å²) in [5.41, 5.74) is 7.24. The van der Waals surface area contributed by atoms with Gasteiger partial charge in [-0.05, 0) is 55.3 Å². The van der Waals surface area contributed by atoms with Crippen LogP contribution in [0.3, 0.4) is 0 Å². The third-order valence-electron chi connectivity index (χ3n) is 3.37. The van der Waals surface area contributed by atoms with E-state index in [9.17, 15) is 9.59 Å². The second-order valence-corrected chi connectivity index (χ2v) is 5.26. The number of rotatable bonds is 6. The van der Waals surface area contributed by atoms with Crippen LogP contribution < -0.4 is 15.8 Å². The summed E-state index contributed by atoms with van der Waals surface area (Å²) >= 11 is 0. The van der Waals surface area contributed by atoms with Gasteiger partial charge in [-0.25, -0.2) is 0 Å². The smallest absolute Gasteiger partial charge is 0.265 e. The summed E-state index contributed by atoms with van der Waals surface area (Å²) < 4.78 is 5.75. The molecule has 0 heterocycles. The molecular weight excluding hydrogens is 292 g/mol. The number of nitrogens with one attached hydrogen (secondary N) is 1. The van der Waals surface area contributed by atoms with Gasteiger partial charge in [0.2, 0.25) is 5.91 Å². The van der Waals surface area contributed by atoms with Crippen LogP contribution in [-0.2, 0) is 4.79 Å². The van der Waals surface area contributed by atoms with Crippen molar-refractivity contribution in [1.29, 1.82) is 0 Å². The Bertz CT molecular complexity index is 696. The molecule has 23 heavy (non-hydrogen) atoms. The van der Waals surface area contributed by atoms with E-state index in [-0.39, 0.29) is 5.91 Å². The third-order valence-corrected chi connectivity index (χ3v) is 3.37. The van der Waals surface area contributed by atoms with E-state index in [1.165, 1.54) is 0 Å². The fourth-order valence-corrected chi connectivity index (χ4v) is 2.12. The van der Waals surface area contributed by atoms with Gasteiger partial charge in [0.05, 0.1) is 0 Å². The van der Waals surface area contributed by atoms with E-state index in [0.717, 1.165) is 5.56 Å². The Kier molecular flexibility index (Phi) is 5.36. The fraction of sp³-hybridized carbons (Fsp3) is 0.222. The van der Waals surface area contributed by atoms with E-state index in [2.05, 4.69) is 5.32 Å². The molecule has 0 fully saturated rings. The van der Waals surface area contributed by atoms with Crippen LogP contribution in [-0.4, -0.2) is 17.9 Å². The first-order chi connectivity index (χ1) is 11.0. The van der Waals surface area contributed by atoms with Crippen molar-refractivity contribution in [2.45, 2.75) is 26.4 Å². The molecule has 0 bridgehead atoms. The zero-order chi connectivity index (χ0) is 16.8. The van der Waals surface area contributed by atoms with Gasteiger partial charge in [-0.3, -0.25) is 9.59 Å². The highest BCUT2D eigenvalue weighted by Gasteiger charge is 2.18. The predicted molar refractivity (Wildman–Crippen MR) is 89.5 cm³/mol. The van der Waals surface area contributed by atoms with Gasteiger partial charge in [0.25, 0.3) is 5.91 Å². The second kappa shape index (κ2) is 7.45. The summed E-state index contributed by atoms with van der Waals surface area (Å²) in [5, 5.41) is 2.78. The zero-order valence-corrected chi connectivity index (χ0v) is 13.2. The zero-order valence-electron chi connectivity index (χ0n) is 13.2. The summed E-state index contributed by atoms with van der Waals surface area (Å²) in [6.45, 7) is 3.85. The van der Waals surface area contributed by atoms with Crippen molar-refractivity contribution in [3.05, 3.63) is 59.7 Å². The molecule has 5 nitrogen and oxygen atoms in total. The first-order valence-electron chi connectivity index (χ1n) is 7.43. The van der Waals surface area contributed by atoms with Gasteiger partial charge in [0.1, 0.15) is 5.75 Å². The minimum atomic E-state index is -0.590. The summed E-state index contributed by atoms with van der Waals surface area (Å²) in [6, 6.07) is 14.0. The maximum Gasteiger partial charge on any atom is 0.265 e. The van der Waals surface area contributed by atoms with Crippen molar-refractivity contribution in [2.24, 2.45) is 5.73 Å². The molecule has 1 atom stereocenters. The minimum absolute atomic E-state index is 0.235. The molecule has 5 heteroatoms. The molecule has 0 unspecified atom stereocenters. The summed E-state index contributed by atoms with van der Waals surface area (Å²) in [5.74, 6) is -0.0750. The second-order valence-electron chi connectivity index (χ2n) is 5.26. The number of ether oxygens (including phenoxy) is 1. The molecule has 0 aliphatic rings. The quantitative estimate of drug-likeness (QED) is 0.860. The highest BCUT2D eigenvalue weighted by Crippen LogP contribution is 2.17. The molecule has 120 valence electrons. The molecule has 2 aromatic rings. The lowest BCUT2D eigenvalue weighted by Gasteiger charge is -2.17. The van der Waals surface area contributed by atoms with Gasteiger partial charge < -0.3 is 15.8 Å². The number of primary amides is 1. The normalized spacial score (nSPS) is 11.6. The summed E-state index contributed by atoms with van der Waals surface area (Å²) in [6.07, 6.45) is -0.0494. The predicted octanol–water partition coefficient (Wildman–Crippen LogP) is 2.89. The van der Waals surface area contributed by atoms with Crippen LogP contribution in [0, 0.1) is 6.92 Å². The number of carbonyl (C=O) groups excluding carboxylic acids is 2. The van der Waals surface area contributed by atoms with Crippen molar-refractivity contribution >= 4 is 17.5 Å². The lowest BCUT2D eigenvalue weighted by molar-refractivity contribution is -0.122. The van der Waals surface area contributed by atoms with Crippen molar-refractivity contribution in [3.63, 3.8) is 0 Å². The molecule has 0 radical (unpaired) electrons. The van der Waals surface area contributed by atoms with Gasteiger partial charge in [0.15, 0.2) is 6.10 Å². The van der Waals surface area contributed by atoms with Crippen molar-refractivity contribution < 1.29 is 14.3 Å². The number of benzene rings is 2.